The van der Waals surface area contributed by atoms with Crippen LogP contribution in [0.2, 0.25) is 0 Å². The maximum absolute atomic E-state index is 8.84. The number of hydrogen-bond acceptors (Lipinski definition) is 4. The van der Waals surface area contributed by atoms with Crippen LogP contribution in [0.25, 0.3) is 0 Å². The highest BCUT2D eigenvalue weighted by atomic mass is 15.1. The summed E-state index contributed by atoms with van der Waals surface area (Å²) in [7, 11) is 0. The van der Waals surface area contributed by atoms with E-state index in [1.54, 1.807) is 10.9 Å². The van der Waals surface area contributed by atoms with E-state index in [2.05, 4.69) is 10.3 Å². The van der Waals surface area contributed by atoms with Crippen molar-refractivity contribution in [3.63, 3.8) is 0 Å². The second-order valence-corrected chi connectivity index (χ2v) is 3.07. The van der Waals surface area contributed by atoms with Crippen molar-refractivity contribution in [1.82, 2.24) is 14.9 Å². The van der Waals surface area contributed by atoms with Crippen LogP contribution < -0.4 is 5.32 Å². The summed E-state index contributed by atoms with van der Waals surface area (Å²) in [5, 5.41) is 20.7. The second kappa shape index (κ2) is 5.79. The Labute approximate surface area is 89.0 Å². The van der Waals surface area contributed by atoms with Crippen LogP contribution in [0.4, 0.5) is 0 Å². The first-order valence-electron chi connectivity index (χ1n) is 4.89. The number of aryl methyl sites for hydroxylation is 1. The third-order valence-corrected chi connectivity index (χ3v) is 2.05. The van der Waals surface area contributed by atoms with E-state index in [0.717, 1.165) is 19.5 Å². The van der Waals surface area contributed by atoms with E-state index < -0.39 is 0 Å². The van der Waals surface area contributed by atoms with E-state index in [0.29, 0.717) is 12.2 Å². The summed E-state index contributed by atoms with van der Waals surface area (Å²) in [5.41, 5.74) is 0.565. The van der Waals surface area contributed by atoms with E-state index in [9.17, 15) is 0 Å². The van der Waals surface area contributed by atoms with E-state index >= 15 is 0 Å². The minimum Gasteiger partial charge on any atom is -0.321 e. The molecule has 0 atom stereocenters. The maximum Gasteiger partial charge on any atom is 0.176 e. The van der Waals surface area contributed by atoms with Gasteiger partial charge in [-0.1, -0.05) is 6.92 Å². The zero-order valence-corrected chi connectivity index (χ0v) is 8.69. The standard InChI is InChI=1S/C10H13N5/c1-2-13-4-3-5-15-8-14-9(6-11)10(15)7-12/h8,13H,2-5H2,1H3. The highest BCUT2D eigenvalue weighted by Gasteiger charge is 2.08. The molecule has 1 rings (SSSR count). The summed E-state index contributed by atoms with van der Waals surface area (Å²) in [6, 6.07) is 3.89. The summed E-state index contributed by atoms with van der Waals surface area (Å²) in [6.07, 6.45) is 2.47. The van der Waals surface area contributed by atoms with Crippen molar-refractivity contribution in [2.45, 2.75) is 19.9 Å². The van der Waals surface area contributed by atoms with E-state index in [-0.39, 0.29) is 5.69 Å². The number of rotatable bonds is 5. The Bertz CT molecular complexity index is 393. The smallest absolute Gasteiger partial charge is 0.176 e. The fourth-order valence-corrected chi connectivity index (χ4v) is 1.30. The lowest BCUT2D eigenvalue weighted by Gasteiger charge is -2.03. The molecule has 0 aliphatic heterocycles. The Balaban J connectivity index is 2.59. The number of hydrogen-bond donors (Lipinski definition) is 1. The lowest BCUT2D eigenvalue weighted by Crippen LogP contribution is -2.16. The third-order valence-electron chi connectivity index (χ3n) is 2.05. The number of imidazole rings is 1. The molecule has 0 spiro atoms. The number of nitriles is 2. The minimum atomic E-state index is 0.209. The molecule has 0 saturated heterocycles. The lowest BCUT2D eigenvalue weighted by molar-refractivity contribution is 0.589. The van der Waals surface area contributed by atoms with Crippen molar-refractivity contribution in [1.29, 1.82) is 10.5 Å². The highest BCUT2D eigenvalue weighted by molar-refractivity contribution is 5.35. The molecule has 0 unspecified atom stereocenters. The van der Waals surface area contributed by atoms with Gasteiger partial charge in [0, 0.05) is 6.54 Å². The van der Waals surface area contributed by atoms with Gasteiger partial charge < -0.3 is 9.88 Å². The molecule has 15 heavy (non-hydrogen) atoms. The molecule has 0 saturated carbocycles. The molecule has 0 aromatic carbocycles. The van der Waals surface area contributed by atoms with E-state index in [4.69, 9.17) is 10.5 Å². The van der Waals surface area contributed by atoms with Crippen LogP contribution in [0.15, 0.2) is 6.33 Å². The van der Waals surface area contributed by atoms with Gasteiger partial charge in [-0.05, 0) is 19.5 Å². The van der Waals surface area contributed by atoms with Crippen LogP contribution in [0.5, 0.6) is 0 Å². The monoisotopic (exact) mass is 203 g/mol. The van der Waals surface area contributed by atoms with E-state index in [1.807, 2.05) is 19.1 Å². The largest absolute Gasteiger partial charge is 0.321 e. The molecule has 0 radical (unpaired) electrons. The summed E-state index contributed by atoms with van der Waals surface area (Å²) >= 11 is 0. The quantitative estimate of drug-likeness (QED) is 0.712. The summed E-state index contributed by atoms with van der Waals surface area (Å²) in [6.45, 7) is 4.61. The third kappa shape index (κ3) is 2.80. The summed E-state index contributed by atoms with van der Waals surface area (Å²) in [5.74, 6) is 0. The Morgan fingerprint density at radius 2 is 2.27 bits per heavy atom. The molecule has 78 valence electrons. The van der Waals surface area contributed by atoms with Gasteiger partial charge in [0.05, 0.1) is 6.33 Å². The molecular formula is C10H13N5. The first-order chi connectivity index (χ1) is 7.33. The number of nitrogens with one attached hydrogen (secondary N) is 1. The molecule has 0 fully saturated rings. The summed E-state index contributed by atoms with van der Waals surface area (Å²) in [4.78, 5) is 3.86. The molecule has 1 aromatic rings. The second-order valence-electron chi connectivity index (χ2n) is 3.07. The van der Waals surface area contributed by atoms with Crippen LogP contribution in [-0.4, -0.2) is 22.6 Å². The molecule has 0 amide bonds. The number of nitrogens with zero attached hydrogens (tertiary/aromatic N) is 4. The van der Waals surface area contributed by atoms with Crippen LogP contribution >= 0.6 is 0 Å². The molecule has 1 aromatic heterocycles. The van der Waals surface area contributed by atoms with Gasteiger partial charge in [0.15, 0.2) is 11.4 Å². The van der Waals surface area contributed by atoms with Crippen molar-refractivity contribution < 1.29 is 0 Å². The normalized spacial score (nSPS) is 9.53. The van der Waals surface area contributed by atoms with Crippen molar-refractivity contribution in [2.24, 2.45) is 0 Å². The predicted octanol–water partition coefficient (Wildman–Crippen LogP) is 0.626. The zero-order valence-electron chi connectivity index (χ0n) is 8.69. The minimum absolute atomic E-state index is 0.209. The van der Waals surface area contributed by atoms with Gasteiger partial charge in [-0.25, -0.2) is 4.98 Å². The molecular weight excluding hydrogens is 190 g/mol. The van der Waals surface area contributed by atoms with Crippen LogP contribution in [-0.2, 0) is 6.54 Å². The predicted molar refractivity (Wildman–Crippen MR) is 54.8 cm³/mol. The van der Waals surface area contributed by atoms with Gasteiger partial charge in [0.2, 0.25) is 0 Å². The van der Waals surface area contributed by atoms with Gasteiger partial charge in [0.1, 0.15) is 12.1 Å². The average molecular weight is 203 g/mol. The van der Waals surface area contributed by atoms with Crippen molar-refractivity contribution in [2.75, 3.05) is 13.1 Å². The van der Waals surface area contributed by atoms with Crippen molar-refractivity contribution in [3.8, 4) is 12.1 Å². The van der Waals surface area contributed by atoms with Crippen molar-refractivity contribution >= 4 is 0 Å². The van der Waals surface area contributed by atoms with Crippen LogP contribution in [0, 0.1) is 22.7 Å². The Kier molecular flexibility index (Phi) is 4.33. The maximum atomic E-state index is 8.84. The molecule has 1 heterocycles. The van der Waals surface area contributed by atoms with E-state index in [1.165, 1.54) is 0 Å². The van der Waals surface area contributed by atoms with Gasteiger partial charge in [0.25, 0.3) is 0 Å². The highest BCUT2D eigenvalue weighted by Crippen LogP contribution is 2.05. The van der Waals surface area contributed by atoms with Gasteiger partial charge in [-0.3, -0.25) is 0 Å². The molecule has 5 heteroatoms. The summed E-state index contributed by atoms with van der Waals surface area (Å²) < 4.78 is 1.72. The molecule has 0 aliphatic rings. The fourth-order valence-electron chi connectivity index (χ4n) is 1.30. The Morgan fingerprint density at radius 1 is 1.47 bits per heavy atom. The van der Waals surface area contributed by atoms with Gasteiger partial charge >= 0.3 is 0 Å². The van der Waals surface area contributed by atoms with Crippen LogP contribution in [0.1, 0.15) is 24.7 Å². The average Bonchev–Trinajstić information content (AvgIpc) is 2.66. The van der Waals surface area contributed by atoms with Gasteiger partial charge in [-0.2, -0.15) is 10.5 Å². The first-order valence-corrected chi connectivity index (χ1v) is 4.89. The Hall–Kier alpha value is -1.85. The zero-order chi connectivity index (χ0) is 11.1. The molecule has 0 bridgehead atoms. The first kappa shape index (κ1) is 11.2. The molecule has 1 N–H and O–H groups in total. The molecule has 5 nitrogen and oxygen atoms in total. The topological polar surface area (TPSA) is 77.4 Å². The SMILES string of the molecule is CCNCCCn1cnc(C#N)c1C#N. The fraction of sp³-hybridized carbons (Fsp3) is 0.500. The number of aromatic nitrogens is 2. The molecule has 0 aliphatic carbocycles. The van der Waals surface area contributed by atoms with Crippen molar-refractivity contribution in [3.05, 3.63) is 17.7 Å². The van der Waals surface area contributed by atoms with Crippen LogP contribution in [0.3, 0.4) is 0 Å². The Morgan fingerprint density at radius 3 is 2.87 bits per heavy atom. The van der Waals surface area contributed by atoms with Gasteiger partial charge in [-0.15, -0.1) is 0 Å². The lowest BCUT2D eigenvalue weighted by atomic mass is 10.3.